The molecule has 2 aliphatic rings. The van der Waals surface area contributed by atoms with Crippen LogP contribution in [0.3, 0.4) is 0 Å². The third-order valence-corrected chi connectivity index (χ3v) is 5.71. The molecule has 6 heteroatoms. The van der Waals surface area contributed by atoms with Crippen LogP contribution in [0.1, 0.15) is 50.0 Å². The quantitative estimate of drug-likeness (QED) is 0.904. The van der Waals surface area contributed by atoms with Gasteiger partial charge in [0.05, 0.1) is 0 Å². The smallest absolute Gasteiger partial charge is 0.242 e. The Morgan fingerprint density at radius 2 is 2.28 bits per heavy atom. The Morgan fingerprint density at radius 1 is 1.40 bits per heavy atom. The fraction of sp³-hybridized carbons (Fsp3) is 0.526. The van der Waals surface area contributed by atoms with Gasteiger partial charge < -0.3 is 14.4 Å². The zero-order valence-electron chi connectivity index (χ0n) is 14.4. The maximum atomic E-state index is 12.9. The summed E-state index contributed by atoms with van der Waals surface area (Å²) in [5.41, 5.74) is 0.592. The molecule has 1 aliphatic carbocycles. The molecule has 0 bridgehead atoms. The van der Waals surface area contributed by atoms with Crippen LogP contribution < -0.4 is 0 Å². The van der Waals surface area contributed by atoms with Gasteiger partial charge in [0, 0.05) is 19.4 Å². The fourth-order valence-corrected chi connectivity index (χ4v) is 4.26. The van der Waals surface area contributed by atoms with Crippen LogP contribution >= 0.6 is 0 Å². The first kappa shape index (κ1) is 16.1. The first-order valence-corrected chi connectivity index (χ1v) is 9.04. The van der Waals surface area contributed by atoms with Crippen molar-refractivity contribution in [2.75, 3.05) is 6.54 Å². The van der Waals surface area contributed by atoms with E-state index in [1.54, 1.807) is 18.2 Å². The third kappa shape index (κ3) is 2.60. The molecular weight excluding hydrogens is 318 g/mol. The number of phenolic OH excluding ortho intramolecular Hbond substituents is 1. The maximum Gasteiger partial charge on any atom is 0.242 e. The zero-order valence-corrected chi connectivity index (χ0v) is 14.4. The molecule has 1 aliphatic heterocycles. The highest BCUT2D eigenvalue weighted by Crippen LogP contribution is 2.56. The molecule has 2 fully saturated rings. The Morgan fingerprint density at radius 3 is 2.96 bits per heavy atom. The molecule has 1 aromatic carbocycles. The van der Waals surface area contributed by atoms with Gasteiger partial charge in [-0.1, -0.05) is 19.1 Å². The molecule has 6 nitrogen and oxygen atoms in total. The van der Waals surface area contributed by atoms with Crippen LogP contribution in [0, 0.1) is 5.92 Å². The molecule has 1 N–H and O–H groups in total. The number of hydrogen-bond donors (Lipinski definition) is 1. The second-order valence-corrected chi connectivity index (χ2v) is 7.02. The van der Waals surface area contributed by atoms with E-state index in [9.17, 15) is 9.90 Å². The average molecular weight is 341 g/mol. The molecule has 4 rings (SSSR count). The molecule has 1 aromatic heterocycles. The lowest BCUT2D eigenvalue weighted by Crippen LogP contribution is -2.54. The Hall–Kier alpha value is -2.37. The van der Waals surface area contributed by atoms with E-state index in [1.807, 2.05) is 17.9 Å². The van der Waals surface area contributed by atoms with Crippen LogP contribution in [0.25, 0.3) is 0 Å². The predicted molar refractivity (Wildman–Crippen MR) is 90.8 cm³/mol. The lowest BCUT2D eigenvalue weighted by atomic mass is 9.67. The molecular formula is C19H23N3O3. The number of likely N-dealkylation sites (tertiary alicyclic amines) is 1. The Labute approximate surface area is 146 Å². The van der Waals surface area contributed by atoms with Gasteiger partial charge in [-0.25, -0.2) is 0 Å². The molecule has 0 unspecified atom stereocenters. The summed E-state index contributed by atoms with van der Waals surface area (Å²) in [7, 11) is 0. The van der Waals surface area contributed by atoms with Crippen molar-refractivity contribution in [2.24, 2.45) is 5.92 Å². The van der Waals surface area contributed by atoms with Gasteiger partial charge in [0.1, 0.15) is 11.3 Å². The Kier molecular flexibility index (Phi) is 3.98. The molecule has 132 valence electrons. The number of phenols is 1. The lowest BCUT2D eigenvalue weighted by molar-refractivity contribution is -0.142. The van der Waals surface area contributed by atoms with Gasteiger partial charge in [0.15, 0.2) is 0 Å². The highest BCUT2D eigenvalue weighted by molar-refractivity contribution is 5.78. The van der Waals surface area contributed by atoms with E-state index < -0.39 is 0 Å². The van der Waals surface area contributed by atoms with E-state index in [0.29, 0.717) is 37.0 Å². The molecule has 2 heterocycles. The standard InChI is InChI=1S/C19H23N3O3/c1-2-16-20-21-18(25-16)19-10-8-14(19)9-11-22(19)17(24)7-6-13-4-3-5-15(23)12-13/h3-5,12,14,23H,2,6-11H2,1H3/t14-,19-/m0/s1. The number of benzene rings is 1. The number of amides is 1. The highest BCUT2D eigenvalue weighted by Gasteiger charge is 2.60. The number of hydrogen-bond acceptors (Lipinski definition) is 5. The molecule has 2 atom stereocenters. The fourth-order valence-electron chi connectivity index (χ4n) is 4.26. The molecule has 0 spiro atoms. The van der Waals surface area contributed by atoms with Crippen LogP contribution in [-0.4, -0.2) is 32.7 Å². The van der Waals surface area contributed by atoms with Gasteiger partial charge >= 0.3 is 0 Å². The van der Waals surface area contributed by atoms with Crippen molar-refractivity contribution >= 4 is 5.91 Å². The van der Waals surface area contributed by atoms with Crippen LogP contribution in [0.15, 0.2) is 28.7 Å². The van der Waals surface area contributed by atoms with Gasteiger partial charge in [0.25, 0.3) is 0 Å². The van der Waals surface area contributed by atoms with Crippen molar-refractivity contribution in [1.29, 1.82) is 0 Å². The number of aromatic hydroxyl groups is 1. The third-order valence-electron chi connectivity index (χ3n) is 5.71. The molecule has 1 saturated carbocycles. The predicted octanol–water partition coefficient (Wildman–Crippen LogP) is 2.81. The first-order chi connectivity index (χ1) is 12.1. The van der Waals surface area contributed by atoms with Crippen molar-refractivity contribution in [1.82, 2.24) is 15.1 Å². The molecule has 0 radical (unpaired) electrons. The number of aromatic nitrogens is 2. The summed E-state index contributed by atoms with van der Waals surface area (Å²) >= 11 is 0. The summed E-state index contributed by atoms with van der Waals surface area (Å²) in [4.78, 5) is 14.9. The van der Waals surface area contributed by atoms with E-state index in [-0.39, 0.29) is 17.2 Å². The Bertz CT molecular complexity index is 788. The second-order valence-electron chi connectivity index (χ2n) is 7.02. The molecule has 1 amide bonds. The maximum absolute atomic E-state index is 12.9. The minimum atomic E-state index is -0.379. The summed E-state index contributed by atoms with van der Waals surface area (Å²) in [5.74, 6) is 2.04. The molecule has 25 heavy (non-hydrogen) atoms. The van der Waals surface area contributed by atoms with E-state index in [2.05, 4.69) is 10.2 Å². The van der Waals surface area contributed by atoms with E-state index in [1.165, 1.54) is 0 Å². The second kappa shape index (κ2) is 6.17. The van der Waals surface area contributed by atoms with Crippen LogP contribution in [0.5, 0.6) is 5.75 Å². The first-order valence-electron chi connectivity index (χ1n) is 9.04. The van der Waals surface area contributed by atoms with Gasteiger partial charge in [-0.2, -0.15) is 0 Å². The number of carbonyl (C=O) groups is 1. The Balaban J connectivity index is 1.51. The van der Waals surface area contributed by atoms with Crippen LogP contribution in [-0.2, 0) is 23.2 Å². The van der Waals surface area contributed by atoms with Crippen LogP contribution in [0.2, 0.25) is 0 Å². The number of nitrogens with zero attached hydrogens (tertiary/aromatic N) is 3. The summed E-state index contributed by atoms with van der Waals surface area (Å²) < 4.78 is 5.85. The van der Waals surface area contributed by atoms with Gasteiger partial charge in [0.2, 0.25) is 17.7 Å². The minimum Gasteiger partial charge on any atom is -0.508 e. The van der Waals surface area contributed by atoms with Crippen molar-refractivity contribution in [3.63, 3.8) is 0 Å². The normalized spacial score (nSPS) is 24.8. The van der Waals surface area contributed by atoms with Gasteiger partial charge in [-0.05, 0) is 49.3 Å². The number of carbonyl (C=O) groups excluding carboxylic acids is 1. The van der Waals surface area contributed by atoms with Gasteiger partial charge in [-0.15, -0.1) is 10.2 Å². The topological polar surface area (TPSA) is 79.5 Å². The molecule has 2 aromatic rings. The van der Waals surface area contributed by atoms with E-state index in [4.69, 9.17) is 4.42 Å². The highest BCUT2D eigenvalue weighted by atomic mass is 16.4. The zero-order chi connectivity index (χ0) is 17.4. The van der Waals surface area contributed by atoms with E-state index in [0.717, 1.165) is 31.4 Å². The summed E-state index contributed by atoms with van der Waals surface area (Å²) in [6.45, 7) is 2.74. The number of aryl methyl sites for hydroxylation is 2. The largest absolute Gasteiger partial charge is 0.508 e. The van der Waals surface area contributed by atoms with E-state index >= 15 is 0 Å². The molecule has 1 saturated heterocycles. The summed E-state index contributed by atoms with van der Waals surface area (Å²) in [6, 6.07) is 7.09. The van der Waals surface area contributed by atoms with Crippen molar-refractivity contribution in [3.8, 4) is 5.75 Å². The number of rotatable bonds is 5. The number of fused-ring (bicyclic) bond motifs is 1. The lowest BCUT2D eigenvalue weighted by Gasteiger charge is -2.47. The van der Waals surface area contributed by atoms with Crippen molar-refractivity contribution in [3.05, 3.63) is 41.6 Å². The van der Waals surface area contributed by atoms with Crippen LogP contribution in [0.4, 0.5) is 0 Å². The average Bonchev–Trinajstić information content (AvgIpc) is 3.16. The monoisotopic (exact) mass is 341 g/mol. The summed E-state index contributed by atoms with van der Waals surface area (Å²) in [5, 5.41) is 17.9. The van der Waals surface area contributed by atoms with Crippen molar-refractivity contribution in [2.45, 2.75) is 51.0 Å². The minimum absolute atomic E-state index is 0.127. The summed E-state index contributed by atoms with van der Waals surface area (Å²) in [6.07, 6.45) is 4.77. The van der Waals surface area contributed by atoms with Gasteiger partial charge in [-0.3, -0.25) is 4.79 Å². The SMILES string of the molecule is CCc1nnc([C@]23CC[C@H]2CCN3C(=O)CCc2cccc(O)c2)o1. The van der Waals surface area contributed by atoms with Crippen molar-refractivity contribution < 1.29 is 14.3 Å².